The lowest BCUT2D eigenvalue weighted by atomic mass is 9.96. The molecule has 0 atom stereocenters. The zero-order valence-corrected chi connectivity index (χ0v) is 19.0. The van der Waals surface area contributed by atoms with Crippen molar-refractivity contribution in [2.75, 3.05) is 32.1 Å². The zero-order chi connectivity index (χ0) is 25.4. The van der Waals surface area contributed by atoms with E-state index in [1.807, 2.05) is 45.9 Å². The Bertz CT molecular complexity index is 1130. The van der Waals surface area contributed by atoms with Crippen LogP contribution in [-0.2, 0) is 20.9 Å². The van der Waals surface area contributed by atoms with Gasteiger partial charge in [-0.25, -0.2) is 14.3 Å². The number of fused-ring (bicyclic) bond motifs is 1. The molecular formula is C23H26F3N5O4. The van der Waals surface area contributed by atoms with Gasteiger partial charge in [0.2, 0.25) is 5.91 Å². The number of carbonyl (C=O) groups excluding carboxylic acids is 1. The molecule has 9 nitrogen and oxygen atoms in total. The molecule has 0 unspecified atom stereocenters. The van der Waals surface area contributed by atoms with Crippen molar-refractivity contribution in [2.24, 2.45) is 0 Å². The van der Waals surface area contributed by atoms with Crippen LogP contribution in [0.1, 0.15) is 30.1 Å². The van der Waals surface area contributed by atoms with Gasteiger partial charge in [-0.3, -0.25) is 4.79 Å². The number of benzene rings is 1. The molecule has 35 heavy (non-hydrogen) atoms. The summed E-state index contributed by atoms with van der Waals surface area (Å²) in [6, 6.07) is 14.3. The van der Waals surface area contributed by atoms with Crippen LogP contribution in [0, 0.1) is 0 Å². The third-order valence-corrected chi connectivity index (χ3v) is 5.41. The summed E-state index contributed by atoms with van der Waals surface area (Å²) < 4.78 is 38.5. The number of methoxy groups -OCH3 is 1. The molecule has 188 valence electrons. The Morgan fingerprint density at radius 1 is 1.14 bits per heavy atom. The number of amides is 1. The van der Waals surface area contributed by atoms with E-state index in [-0.39, 0.29) is 18.4 Å². The highest BCUT2D eigenvalue weighted by molar-refractivity contribution is 5.77. The molecule has 3 heterocycles. The predicted molar refractivity (Wildman–Crippen MR) is 121 cm³/mol. The van der Waals surface area contributed by atoms with Crippen LogP contribution in [0.15, 0.2) is 48.7 Å². The van der Waals surface area contributed by atoms with Gasteiger partial charge in [0.1, 0.15) is 6.61 Å². The van der Waals surface area contributed by atoms with Crippen molar-refractivity contribution in [3.8, 4) is 0 Å². The van der Waals surface area contributed by atoms with E-state index >= 15 is 0 Å². The number of halogens is 3. The van der Waals surface area contributed by atoms with Crippen molar-refractivity contribution in [3.05, 3.63) is 60.0 Å². The minimum absolute atomic E-state index is 0.0537. The summed E-state index contributed by atoms with van der Waals surface area (Å²) in [5.41, 5.74) is 3.09. The van der Waals surface area contributed by atoms with E-state index in [1.165, 1.54) is 5.56 Å². The molecule has 2 aromatic heterocycles. The van der Waals surface area contributed by atoms with E-state index < -0.39 is 12.1 Å². The number of likely N-dealkylation sites (tertiary alicyclic amines) is 1. The number of aromatic nitrogens is 3. The fraction of sp³-hybridized carbons (Fsp3) is 0.391. The van der Waals surface area contributed by atoms with E-state index in [2.05, 4.69) is 17.4 Å². The number of hydrogen-bond donors (Lipinski definition) is 2. The van der Waals surface area contributed by atoms with Crippen LogP contribution in [0.25, 0.3) is 5.65 Å². The van der Waals surface area contributed by atoms with Gasteiger partial charge in [0.05, 0.1) is 11.9 Å². The number of nitrogens with one attached hydrogen (secondary N) is 1. The molecule has 12 heteroatoms. The van der Waals surface area contributed by atoms with Gasteiger partial charge in [0.15, 0.2) is 11.5 Å². The Morgan fingerprint density at radius 2 is 1.80 bits per heavy atom. The smallest absolute Gasteiger partial charge is 0.475 e. The average molecular weight is 493 g/mol. The Labute approximate surface area is 199 Å². The first-order valence-electron chi connectivity index (χ1n) is 10.9. The number of ether oxygens (including phenoxy) is 1. The van der Waals surface area contributed by atoms with Gasteiger partial charge in [0.25, 0.3) is 0 Å². The first kappa shape index (κ1) is 25.9. The van der Waals surface area contributed by atoms with Crippen LogP contribution in [0.4, 0.5) is 18.9 Å². The minimum Gasteiger partial charge on any atom is -0.475 e. The van der Waals surface area contributed by atoms with Gasteiger partial charge in [-0.15, -0.1) is 0 Å². The topological polar surface area (TPSA) is 109 Å². The zero-order valence-electron chi connectivity index (χ0n) is 19.0. The number of anilines is 1. The number of piperidine rings is 1. The summed E-state index contributed by atoms with van der Waals surface area (Å²) in [6.07, 6.45) is -1.34. The van der Waals surface area contributed by atoms with Gasteiger partial charge in [-0.2, -0.15) is 18.3 Å². The van der Waals surface area contributed by atoms with Crippen molar-refractivity contribution in [3.63, 3.8) is 0 Å². The second kappa shape index (κ2) is 11.6. The number of hydrogen-bond acceptors (Lipinski definition) is 6. The highest BCUT2D eigenvalue weighted by atomic mass is 19.4. The summed E-state index contributed by atoms with van der Waals surface area (Å²) in [7, 11) is 1.55. The van der Waals surface area contributed by atoms with Crippen LogP contribution in [0.2, 0.25) is 0 Å². The highest BCUT2D eigenvalue weighted by Crippen LogP contribution is 2.26. The van der Waals surface area contributed by atoms with Crippen LogP contribution in [0.5, 0.6) is 0 Å². The SMILES string of the molecule is COCC(=O)N1CCC(c2nc3ccc(NCc4ccccc4)cn3n2)CC1.O=C(O)C(F)(F)F. The predicted octanol–water partition coefficient (Wildman–Crippen LogP) is 3.33. The Morgan fingerprint density at radius 3 is 2.40 bits per heavy atom. The van der Waals surface area contributed by atoms with Crippen LogP contribution >= 0.6 is 0 Å². The highest BCUT2D eigenvalue weighted by Gasteiger charge is 2.38. The van der Waals surface area contributed by atoms with Gasteiger partial charge in [-0.1, -0.05) is 30.3 Å². The number of rotatable bonds is 6. The minimum atomic E-state index is -5.08. The molecule has 0 spiro atoms. The van der Waals surface area contributed by atoms with Gasteiger partial charge >= 0.3 is 12.1 Å². The van der Waals surface area contributed by atoms with Crippen molar-refractivity contribution in [1.82, 2.24) is 19.5 Å². The first-order chi connectivity index (χ1) is 16.7. The summed E-state index contributed by atoms with van der Waals surface area (Å²) in [4.78, 5) is 27.4. The largest absolute Gasteiger partial charge is 0.490 e. The van der Waals surface area contributed by atoms with Crippen molar-refractivity contribution < 1.29 is 32.6 Å². The number of aliphatic carboxylic acids is 1. The number of nitrogens with zero attached hydrogens (tertiary/aromatic N) is 4. The maximum atomic E-state index is 11.9. The van der Waals surface area contributed by atoms with E-state index in [1.54, 1.807) is 7.11 Å². The quantitative estimate of drug-likeness (QED) is 0.542. The first-order valence-corrected chi connectivity index (χ1v) is 10.9. The van der Waals surface area contributed by atoms with E-state index in [0.29, 0.717) is 0 Å². The van der Waals surface area contributed by atoms with Crippen molar-refractivity contribution in [2.45, 2.75) is 31.5 Å². The third-order valence-electron chi connectivity index (χ3n) is 5.41. The van der Waals surface area contributed by atoms with Crippen LogP contribution in [-0.4, -0.2) is 69.5 Å². The molecule has 0 radical (unpaired) electrons. The summed E-state index contributed by atoms with van der Waals surface area (Å²) in [5, 5.41) is 15.2. The lowest BCUT2D eigenvalue weighted by Crippen LogP contribution is -2.39. The number of alkyl halides is 3. The van der Waals surface area contributed by atoms with E-state index in [9.17, 15) is 18.0 Å². The molecule has 3 aromatic rings. The molecule has 1 aliphatic rings. The summed E-state index contributed by atoms with van der Waals surface area (Å²) in [5.74, 6) is -1.56. The monoisotopic (exact) mass is 493 g/mol. The molecule has 4 rings (SSSR count). The molecular weight excluding hydrogens is 467 g/mol. The molecule has 1 aromatic carbocycles. The van der Waals surface area contributed by atoms with Gasteiger partial charge in [-0.05, 0) is 30.5 Å². The second-order valence-corrected chi connectivity index (χ2v) is 7.92. The van der Waals surface area contributed by atoms with E-state index in [4.69, 9.17) is 24.7 Å². The molecule has 1 fully saturated rings. The molecule has 0 saturated carbocycles. The number of carboxylic acid groups (broad SMARTS) is 1. The number of pyridine rings is 1. The molecule has 1 amide bonds. The maximum absolute atomic E-state index is 11.9. The normalized spacial score (nSPS) is 14.3. The fourth-order valence-electron chi connectivity index (χ4n) is 3.58. The lowest BCUT2D eigenvalue weighted by Gasteiger charge is -2.30. The van der Waals surface area contributed by atoms with Gasteiger partial charge < -0.3 is 20.1 Å². The Kier molecular flexibility index (Phi) is 8.63. The van der Waals surface area contributed by atoms with Crippen molar-refractivity contribution in [1.29, 1.82) is 0 Å². The third kappa shape index (κ3) is 7.41. The maximum Gasteiger partial charge on any atom is 0.490 e. The van der Waals surface area contributed by atoms with Crippen LogP contribution in [0.3, 0.4) is 0 Å². The molecule has 0 aliphatic carbocycles. The number of carbonyl (C=O) groups is 2. The Balaban J connectivity index is 0.000000429. The second-order valence-electron chi connectivity index (χ2n) is 7.92. The molecule has 2 N–H and O–H groups in total. The molecule has 0 bridgehead atoms. The molecule has 1 aliphatic heterocycles. The van der Waals surface area contributed by atoms with Crippen LogP contribution < -0.4 is 5.32 Å². The summed E-state index contributed by atoms with van der Waals surface area (Å²) >= 11 is 0. The van der Waals surface area contributed by atoms with Crippen molar-refractivity contribution >= 4 is 23.2 Å². The lowest BCUT2D eigenvalue weighted by molar-refractivity contribution is -0.192. The standard InChI is InChI=1S/C21H25N5O2.C2HF3O2/c1-28-15-20(27)25-11-9-17(10-12-25)21-23-19-8-7-18(14-26(19)24-21)22-13-16-5-3-2-4-6-16;3-2(4,5)1(6)7/h2-8,14,17,22H,9-13,15H2,1H3;(H,6,7). The molecule has 1 saturated heterocycles. The number of carboxylic acids is 1. The average Bonchev–Trinajstić information content (AvgIpc) is 3.27. The fourth-order valence-corrected chi connectivity index (χ4v) is 3.58. The Hall–Kier alpha value is -3.67. The van der Waals surface area contributed by atoms with E-state index in [0.717, 1.165) is 49.6 Å². The van der Waals surface area contributed by atoms with Gasteiger partial charge in [0, 0.05) is 32.7 Å². The summed E-state index contributed by atoms with van der Waals surface area (Å²) in [6.45, 7) is 2.37.